The summed E-state index contributed by atoms with van der Waals surface area (Å²) in [5.41, 5.74) is 0.469. The second-order valence-electron chi connectivity index (χ2n) is 7.09. The normalized spacial score (nSPS) is 14.0. The van der Waals surface area contributed by atoms with Crippen LogP contribution in [0.2, 0.25) is 0 Å². The fourth-order valence-corrected chi connectivity index (χ4v) is 3.48. The number of carbonyl (C=O) groups excluding carboxylic acids is 1. The zero-order chi connectivity index (χ0) is 22.1. The van der Waals surface area contributed by atoms with Crippen molar-refractivity contribution in [3.63, 3.8) is 0 Å². The molecule has 0 atom stereocenters. The van der Waals surface area contributed by atoms with Crippen molar-refractivity contribution in [2.45, 2.75) is 6.92 Å². The average Bonchev–Trinajstić information content (AvgIpc) is 2.74. The van der Waals surface area contributed by atoms with Gasteiger partial charge in [0.1, 0.15) is 17.3 Å². The quantitative estimate of drug-likeness (QED) is 0.645. The number of carbonyl (C=O) groups is 1. The van der Waals surface area contributed by atoms with Gasteiger partial charge in [0.25, 0.3) is 11.5 Å². The molecule has 0 bridgehead atoms. The maximum Gasteiger partial charge on any atom is 0.325 e. The van der Waals surface area contributed by atoms with Crippen LogP contribution in [0, 0.1) is 18.6 Å². The predicted molar refractivity (Wildman–Crippen MR) is 108 cm³/mol. The van der Waals surface area contributed by atoms with Crippen molar-refractivity contribution in [3.05, 3.63) is 74.2 Å². The van der Waals surface area contributed by atoms with E-state index in [2.05, 4.69) is 20.2 Å². The average molecular weight is 428 g/mol. The van der Waals surface area contributed by atoms with E-state index in [0.29, 0.717) is 43.6 Å². The number of rotatable bonds is 3. The van der Waals surface area contributed by atoms with Gasteiger partial charge in [0, 0.05) is 38.4 Å². The number of aryl methyl sites for hydroxylation is 1. The highest BCUT2D eigenvalue weighted by molar-refractivity contribution is 5.94. The Balaban J connectivity index is 1.53. The van der Waals surface area contributed by atoms with Gasteiger partial charge in [-0.1, -0.05) is 0 Å². The topological polar surface area (TPSA) is 115 Å². The summed E-state index contributed by atoms with van der Waals surface area (Å²) in [5, 5.41) is 8.15. The number of halogens is 2. The molecular weight excluding hydrogens is 410 g/mol. The number of hydrogen-bond donors (Lipinski definition) is 2. The summed E-state index contributed by atoms with van der Waals surface area (Å²) in [5.74, 6) is -2.13. The van der Waals surface area contributed by atoms with Crippen LogP contribution < -0.4 is 16.1 Å². The SMILES string of the molecule is Cc1nnc(-c2c[nH]c(=O)[nH]c2=O)cc1N1CCN(C(=O)c2ccc(F)cc2F)CC1. The molecule has 2 aromatic heterocycles. The molecule has 1 aliphatic heterocycles. The molecular formula is C20H18F2N6O3. The number of aromatic nitrogens is 4. The summed E-state index contributed by atoms with van der Waals surface area (Å²) in [6, 6.07) is 4.58. The largest absolute Gasteiger partial charge is 0.366 e. The van der Waals surface area contributed by atoms with Gasteiger partial charge in [-0.15, -0.1) is 5.10 Å². The highest BCUT2D eigenvalue weighted by Gasteiger charge is 2.25. The molecule has 1 aliphatic rings. The lowest BCUT2D eigenvalue weighted by Gasteiger charge is -2.36. The molecule has 1 amide bonds. The van der Waals surface area contributed by atoms with Crippen LogP contribution in [0.1, 0.15) is 16.1 Å². The van der Waals surface area contributed by atoms with Gasteiger partial charge >= 0.3 is 5.69 Å². The number of H-pyrrole nitrogens is 2. The minimum atomic E-state index is -0.891. The fraction of sp³-hybridized carbons (Fsp3) is 0.250. The third-order valence-corrected chi connectivity index (χ3v) is 5.12. The molecule has 1 fully saturated rings. The van der Waals surface area contributed by atoms with E-state index in [-0.39, 0.29) is 11.1 Å². The molecule has 31 heavy (non-hydrogen) atoms. The maximum atomic E-state index is 14.0. The predicted octanol–water partition coefficient (Wildman–Crippen LogP) is 1.07. The molecule has 1 aromatic carbocycles. The molecule has 9 nitrogen and oxygen atoms in total. The Hall–Kier alpha value is -3.89. The lowest BCUT2D eigenvalue weighted by Crippen LogP contribution is -2.49. The molecule has 1 saturated heterocycles. The molecule has 0 aliphatic carbocycles. The first kappa shape index (κ1) is 20.4. The molecule has 3 heterocycles. The Labute approximate surface area is 174 Å². The third-order valence-electron chi connectivity index (χ3n) is 5.12. The molecule has 0 unspecified atom stereocenters. The molecule has 3 aromatic rings. The van der Waals surface area contributed by atoms with E-state index < -0.39 is 28.8 Å². The van der Waals surface area contributed by atoms with Crippen molar-refractivity contribution < 1.29 is 13.6 Å². The summed E-state index contributed by atoms with van der Waals surface area (Å²) in [6.45, 7) is 3.32. The molecule has 2 N–H and O–H groups in total. The smallest absolute Gasteiger partial charge is 0.325 e. The highest BCUT2D eigenvalue weighted by atomic mass is 19.1. The van der Waals surface area contributed by atoms with Gasteiger partial charge in [0.05, 0.1) is 22.5 Å². The Morgan fingerprint density at radius 3 is 2.48 bits per heavy atom. The monoisotopic (exact) mass is 428 g/mol. The first-order valence-electron chi connectivity index (χ1n) is 9.49. The first-order valence-corrected chi connectivity index (χ1v) is 9.49. The number of amides is 1. The number of aromatic amines is 2. The lowest BCUT2D eigenvalue weighted by atomic mass is 10.1. The molecule has 0 spiro atoms. The molecule has 0 radical (unpaired) electrons. The van der Waals surface area contributed by atoms with E-state index in [1.54, 1.807) is 13.0 Å². The minimum absolute atomic E-state index is 0.170. The van der Waals surface area contributed by atoms with Crippen LogP contribution in [0.4, 0.5) is 14.5 Å². The minimum Gasteiger partial charge on any atom is -0.366 e. The number of nitrogens with one attached hydrogen (secondary N) is 2. The van der Waals surface area contributed by atoms with Crippen molar-refractivity contribution in [1.29, 1.82) is 0 Å². The van der Waals surface area contributed by atoms with Gasteiger partial charge in [0.2, 0.25) is 0 Å². The van der Waals surface area contributed by atoms with E-state index in [1.807, 2.05) is 4.90 Å². The van der Waals surface area contributed by atoms with Gasteiger partial charge in [0.15, 0.2) is 0 Å². The van der Waals surface area contributed by atoms with Crippen molar-refractivity contribution in [2.24, 2.45) is 0 Å². The van der Waals surface area contributed by atoms with Crippen LogP contribution in [-0.2, 0) is 0 Å². The van der Waals surface area contributed by atoms with Crippen molar-refractivity contribution >= 4 is 11.6 Å². The number of piperazine rings is 1. The van der Waals surface area contributed by atoms with Crippen molar-refractivity contribution in [2.75, 3.05) is 31.1 Å². The summed E-state index contributed by atoms with van der Waals surface area (Å²) >= 11 is 0. The van der Waals surface area contributed by atoms with Gasteiger partial charge in [-0.05, 0) is 25.1 Å². The first-order chi connectivity index (χ1) is 14.8. The third kappa shape index (κ3) is 4.06. The zero-order valence-electron chi connectivity index (χ0n) is 16.5. The van der Waals surface area contributed by atoms with Gasteiger partial charge < -0.3 is 14.8 Å². The van der Waals surface area contributed by atoms with E-state index >= 15 is 0 Å². The molecule has 0 saturated carbocycles. The van der Waals surface area contributed by atoms with Gasteiger partial charge in [-0.25, -0.2) is 13.6 Å². The lowest BCUT2D eigenvalue weighted by molar-refractivity contribution is 0.0742. The van der Waals surface area contributed by atoms with E-state index in [1.165, 1.54) is 11.1 Å². The molecule has 4 rings (SSSR count). The van der Waals surface area contributed by atoms with Crippen molar-refractivity contribution in [3.8, 4) is 11.3 Å². The van der Waals surface area contributed by atoms with E-state index in [4.69, 9.17) is 0 Å². The van der Waals surface area contributed by atoms with E-state index in [9.17, 15) is 23.2 Å². The summed E-state index contributed by atoms with van der Waals surface area (Å²) in [4.78, 5) is 43.9. The Bertz CT molecular complexity index is 1260. The second-order valence-corrected chi connectivity index (χ2v) is 7.09. The van der Waals surface area contributed by atoms with Crippen molar-refractivity contribution in [1.82, 2.24) is 25.1 Å². The Morgan fingerprint density at radius 2 is 1.81 bits per heavy atom. The van der Waals surface area contributed by atoms with Gasteiger partial charge in [-0.3, -0.25) is 14.6 Å². The summed E-state index contributed by atoms with van der Waals surface area (Å²) in [7, 11) is 0. The molecule has 11 heteroatoms. The van der Waals surface area contributed by atoms with Crippen LogP contribution in [-0.4, -0.2) is 57.2 Å². The number of anilines is 1. The standard InChI is InChI=1S/C20H18F2N6O3/c1-11-17(9-16(26-25-11)14-10-23-20(31)24-18(14)29)27-4-6-28(7-5-27)19(30)13-3-2-12(21)8-15(13)22/h2-3,8-10H,4-7H2,1H3,(H2,23,24,29,31). The Kier molecular flexibility index (Phi) is 5.32. The number of nitrogens with zero attached hydrogens (tertiary/aromatic N) is 4. The number of hydrogen-bond acceptors (Lipinski definition) is 6. The Morgan fingerprint density at radius 1 is 1.06 bits per heavy atom. The maximum absolute atomic E-state index is 14.0. The van der Waals surface area contributed by atoms with Gasteiger partial charge in [-0.2, -0.15) is 5.10 Å². The summed E-state index contributed by atoms with van der Waals surface area (Å²) in [6.07, 6.45) is 1.28. The van der Waals surface area contributed by atoms with E-state index in [0.717, 1.165) is 17.8 Å². The molecule has 160 valence electrons. The fourth-order valence-electron chi connectivity index (χ4n) is 3.48. The van der Waals surface area contributed by atoms with Crippen LogP contribution in [0.15, 0.2) is 40.1 Å². The number of benzene rings is 1. The highest BCUT2D eigenvalue weighted by Crippen LogP contribution is 2.24. The summed E-state index contributed by atoms with van der Waals surface area (Å²) < 4.78 is 27.1. The second kappa shape index (κ2) is 8.09. The van der Waals surface area contributed by atoms with Crippen LogP contribution in [0.5, 0.6) is 0 Å². The van der Waals surface area contributed by atoms with Crippen LogP contribution >= 0.6 is 0 Å². The zero-order valence-corrected chi connectivity index (χ0v) is 16.5. The van der Waals surface area contributed by atoms with Crippen LogP contribution in [0.25, 0.3) is 11.3 Å². The van der Waals surface area contributed by atoms with Crippen LogP contribution in [0.3, 0.4) is 0 Å².